The molecule has 0 radical (unpaired) electrons. The summed E-state index contributed by atoms with van der Waals surface area (Å²) in [5.41, 5.74) is 0.745. The first-order chi connectivity index (χ1) is 11.8. The lowest BCUT2D eigenvalue weighted by Crippen LogP contribution is -2.40. The fourth-order valence-corrected chi connectivity index (χ4v) is 3.96. The number of hydrogen-bond acceptors (Lipinski definition) is 3. The van der Waals surface area contributed by atoms with Gasteiger partial charge in [0.05, 0.1) is 11.4 Å². The number of nitrogens with zero attached hydrogens (tertiary/aromatic N) is 1. The number of hydrogen-bond donors (Lipinski definition) is 1. The molecule has 0 aliphatic rings. The summed E-state index contributed by atoms with van der Waals surface area (Å²) in [4.78, 5) is 12.1. The molecule has 0 bridgehead atoms. The highest BCUT2D eigenvalue weighted by molar-refractivity contribution is 9.10. The molecule has 2 aromatic rings. The number of amides is 1. The summed E-state index contributed by atoms with van der Waals surface area (Å²) in [6, 6.07) is 13.2. The van der Waals surface area contributed by atoms with E-state index in [9.17, 15) is 13.2 Å². The van der Waals surface area contributed by atoms with E-state index in [-0.39, 0.29) is 23.9 Å². The van der Waals surface area contributed by atoms with Crippen molar-refractivity contribution in [3.8, 4) is 0 Å². The van der Waals surface area contributed by atoms with Crippen LogP contribution < -0.4 is 5.32 Å². The average Bonchev–Trinajstić information content (AvgIpc) is 2.57. The highest BCUT2D eigenvalue weighted by atomic mass is 79.9. The number of likely N-dealkylation sites (N-methyl/N-ethyl adjacent to an activating group) is 1. The monoisotopic (exact) mass is 444 g/mol. The Bertz CT molecular complexity index is 824. The smallest absolute Gasteiger partial charge is 0.243 e. The molecule has 8 heteroatoms. The predicted molar refractivity (Wildman–Crippen MR) is 102 cm³/mol. The van der Waals surface area contributed by atoms with Gasteiger partial charge in [-0.05, 0) is 48.9 Å². The molecule has 2 rings (SSSR count). The summed E-state index contributed by atoms with van der Waals surface area (Å²) in [7, 11) is -3.82. The maximum atomic E-state index is 13.0. The Balaban J connectivity index is 2.33. The van der Waals surface area contributed by atoms with Crippen LogP contribution in [-0.2, 0) is 21.4 Å². The second-order valence-corrected chi connectivity index (χ2v) is 8.60. The third kappa shape index (κ3) is 5.54. The second kappa shape index (κ2) is 8.80. The molecule has 25 heavy (non-hydrogen) atoms. The van der Waals surface area contributed by atoms with Gasteiger partial charge in [0.25, 0.3) is 0 Å². The van der Waals surface area contributed by atoms with E-state index in [1.807, 2.05) is 0 Å². The molecule has 1 N–H and O–H groups in total. The van der Waals surface area contributed by atoms with E-state index in [0.29, 0.717) is 11.6 Å². The lowest BCUT2D eigenvalue weighted by molar-refractivity contribution is -0.121. The van der Waals surface area contributed by atoms with Crippen molar-refractivity contribution in [3.05, 3.63) is 63.6 Å². The molecule has 5 nitrogen and oxygen atoms in total. The zero-order valence-corrected chi connectivity index (χ0v) is 16.7. The van der Waals surface area contributed by atoms with Crippen LogP contribution in [0.5, 0.6) is 0 Å². The van der Waals surface area contributed by atoms with Gasteiger partial charge in [-0.3, -0.25) is 4.79 Å². The van der Waals surface area contributed by atoms with Crippen molar-refractivity contribution in [1.29, 1.82) is 0 Å². The number of nitrogens with one attached hydrogen (secondary N) is 1. The molecule has 0 aliphatic carbocycles. The molecule has 0 unspecified atom stereocenters. The number of benzene rings is 2. The van der Waals surface area contributed by atoms with Gasteiger partial charge in [0.2, 0.25) is 15.9 Å². The van der Waals surface area contributed by atoms with Crippen LogP contribution in [0.4, 0.5) is 0 Å². The Morgan fingerprint density at radius 3 is 2.28 bits per heavy atom. The summed E-state index contributed by atoms with van der Waals surface area (Å²) in [6.07, 6.45) is 0. The molecule has 1 amide bonds. The maximum absolute atomic E-state index is 13.0. The Morgan fingerprint density at radius 1 is 1.12 bits per heavy atom. The normalized spacial score (nSPS) is 11.5. The minimum atomic E-state index is -3.82. The molecule has 0 aliphatic heterocycles. The molecule has 0 aromatic heterocycles. The van der Waals surface area contributed by atoms with E-state index in [2.05, 4.69) is 21.2 Å². The zero-order valence-electron chi connectivity index (χ0n) is 13.6. The Hall–Kier alpha value is -1.41. The Kier molecular flexibility index (Phi) is 7.01. The summed E-state index contributed by atoms with van der Waals surface area (Å²) in [5, 5.41) is 3.19. The van der Waals surface area contributed by atoms with Gasteiger partial charge in [0, 0.05) is 22.6 Å². The third-order valence-corrected chi connectivity index (χ3v) is 6.00. The van der Waals surface area contributed by atoms with Crippen LogP contribution in [0.25, 0.3) is 0 Å². The van der Waals surface area contributed by atoms with Gasteiger partial charge in [-0.25, -0.2) is 8.42 Å². The fourth-order valence-electron chi connectivity index (χ4n) is 2.19. The maximum Gasteiger partial charge on any atom is 0.243 e. The number of carbonyl (C=O) groups is 1. The fraction of sp³-hybridized carbons (Fsp3) is 0.235. The molecule has 0 fully saturated rings. The molecule has 0 saturated heterocycles. The van der Waals surface area contributed by atoms with Crippen LogP contribution >= 0.6 is 27.5 Å². The van der Waals surface area contributed by atoms with Crippen molar-refractivity contribution >= 4 is 43.5 Å². The summed E-state index contributed by atoms with van der Waals surface area (Å²) in [5.74, 6) is -0.350. The van der Waals surface area contributed by atoms with Crippen molar-refractivity contribution in [3.63, 3.8) is 0 Å². The first-order valence-electron chi connectivity index (χ1n) is 7.60. The number of halogens is 2. The van der Waals surface area contributed by atoms with Gasteiger partial charge in [0.1, 0.15) is 0 Å². The zero-order chi connectivity index (χ0) is 18.4. The quantitative estimate of drug-likeness (QED) is 0.710. The van der Waals surface area contributed by atoms with Crippen molar-refractivity contribution in [2.75, 3.05) is 13.1 Å². The van der Waals surface area contributed by atoms with E-state index in [4.69, 9.17) is 11.6 Å². The van der Waals surface area contributed by atoms with Gasteiger partial charge in [0.15, 0.2) is 0 Å². The number of rotatable bonds is 7. The van der Waals surface area contributed by atoms with Crippen LogP contribution in [0.3, 0.4) is 0 Å². The van der Waals surface area contributed by atoms with Gasteiger partial charge >= 0.3 is 0 Å². The largest absolute Gasteiger partial charge is 0.355 e. The van der Waals surface area contributed by atoms with Crippen molar-refractivity contribution in [1.82, 2.24) is 9.62 Å². The first-order valence-corrected chi connectivity index (χ1v) is 10.2. The number of sulfonamides is 1. The predicted octanol–water partition coefficient (Wildman–Crippen LogP) is 3.43. The molecule has 0 spiro atoms. The lowest BCUT2D eigenvalue weighted by Gasteiger charge is -2.22. The van der Waals surface area contributed by atoms with E-state index in [1.54, 1.807) is 43.3 Å². The van der Waals surface area contributed by atoms with E-state index >= 15 is 0 Å². The topological polar surface area (TPSA) is 66.5 Å². The second-order valence-electron chi connectivity index (χ2n) is 5.31. The SMILES string of the molecule is CCNC(=O)CN(Cc1ccc(Cl)cc1)S(=O)(=O)c1ccc(Br)cc1. The summed E-state index contributed by atoms with van der Waals surface area (Å²) in [6.45, 7) is 2.04. The van der Waals surface area contributed by atoms with Crippen LogP contribution in [0, 0.1) is 0 Å². The standard InChI is InChI=1S/C17H18BrClN2O3S/c1-2-20-17(22)12-21(11-13-3-7-15(19)8-4-13)25(23,24)16-9-5-14(18)6-10-16/h3-10H,2,11-12H2,1H3,(H,20,22). The Morgan fingerprint density at radius 2 is 1.72 bits per heavy atom. The van der Waals surface area contributed by atoms with E-state index in [1.165, 1.54) is 12.1 Å². The molecule has 2 aromatic carbocycles. The summed E-state index contributed by atoms with van der Waals surface area (Å²) < 4.78 is 27.9. The highest BCUT2D eigenvalue weighted by Gasteiger charge is 2.26. The Labute approximate surface area is 161 Å². The number of carbonyl (C=O) groups excluding carboxylic acids is 1. The minimum absolute atomic E-state index is 0.0761. The van der Waals surface area contributed by atoms with Gasteiger partial charge in [-0.15, -0.1) is 0 Å². The van der Waals surface area contributed by atoms with Crippen molar-refractivity contribution < 1.29 is 13.2 Å². The van der Waals surface area contributed by atoms with E-state index in [0.717, 1.165) is 14.3 Å². The molecule has 134 valence electrons. The first kappa shape index (κ1) is 19.9. The molecule has 0 atom stereocenters. The average molecular weight is 446 g/mol. The minimum Gasteiger partial charge on any atom is -0.355 e. The van der Waals surface area contributed by atoms with Crippen LogP contribution in [0.1, 0.15) is 12.5 Å². The van der Waals surface area contributed by atoms with E-state index < -0.39 is 10.0 Å². The third-order valence-electron chi connectivity index (χ3n) is 3.42. The highest BCUT2D eigenvalue weighted by Crippen LogP contribution is 2.21. The molecule has 0 heterocycles. The molecular weight excluding hydrogens is 428 g/mol. The van der Waals surface area contributed by atoms with Crippen molar-refractivity contribution in [2.45, 2.75) is 18.4 Å². The van der Waals surface area contributed by atoms with Gasteiger partial charge in [-0.1, -0.05) is 39.7 Å². The van der Waals surface area contributed by atoms with Gasteiger partial charge < -0.3 is 5.32 Å². The van der Waals surface area contributed by atoms with Crippen LogP contribution in [-0.4, -0.2) is 31.7 Å². The lowest BCUT2D eigenvalue weighted by atomic mass is 10.2. The van der Waals surface area contributed by atoms with Crippen LogP contribution in [0.2, 0.25) is 5.02 Å². The van der Waals surface area contributed by atoms with Gasteiger partial charge in [-0.2, -0.15) is 4.31 Å². The molecular formula is C17H18BrClN2O3S. The summed E-state index contributed by atoms with van der Waals surface area (Å²) >= 11 is 9.16. The van der Waals surface area contributed by atoms with Crippen LogP contribution in [0.15, 0.2) is 57.9 Å². The molecule has 0 saturated carbocycles. The van der Waals surface area contributed by atoms with Crippen molar-refractivity contribution in [2.24, 2.45) is 0 Å².